The molecular formula is C19H16F4N2O4. The van der Waals surface area contributed by atoms with Crippen LogP contribution in [0.25, 0.3) is 22.8 Å². The van der Waals surface area contributed by atoms with Gasteiger partial charge in [0.2, 0.25) is 5.82 Å². The van der Waals surface area contributed by atoms with E-state index in [9.17, 15) is 17.6 Å². The second-order valence-electron chi connectivity index (χ2n) is 5.77. The number of hydrogen-bond acceptors (Lipinski definition) is 6. The molecule has 1 heterocycles. The highest BCUT2D eigenvalue weighted by molar-refractivity contribution is 5.62. The lowest BCUT2D eigenvalue weighted by molar-refractivity contribution is -0.138. The van der Waals surface area contributed by atoms with Crippen LogP contribution in [-0.2, 0) is 6.18 Å². The molecule has 0 saturated heterocycles. The average molecular weight is 412 g/mol. The van der Waals surface area contributed by atoms with E-state index in [-0.39, 0.29) is 30.5 Å². The minimum Gasteiger partial charge on any atom is -0.491 e. The van der Waals surface area contributed by atoms with Crippen molar-refractivity contribution in [1.82, 2.24) is 10.1 Å². The van der Waals surface area contributed by atoms with E-state index in [2.05, 4.69) is 10.1 Å². The van der Waals surface area contributed by atoms with Crippen LogP contribution < -0.4 is 9.47 Å². The number of alkyl halides is 4. The van der Waals surface area contributed by atoms with Crippen LogP contribution in [0.4, 0.5) is 17.6 Å². The van der Waals surface area contributed by atoms with Crippen molar-refractivity contribution in [2.45, 2.75) is 6.18 Å². The number of aromatic nitrogens is 2. The first-order chi connectivity index (χ1) is 13.9. The van der Waals surface area contributed by atoms with Gasteiger partial charge in [-0.2, -0.15) is 18.2 Å². The Morgan fingerprint density at radius 3 is 2.34 bits per heavy atom. The predicted octanol–water partition coefficient (Wildman–Crippen LogP) is 4.14. The number of aliphatic hydroxyl groups is 1. The second-order valence-corrected chi connectivity index (χ2v) is 5.77. The lowest BCUT2D eigenvalue weighted by Crippen LogP contribution is -2.10. The Bertz CT molecular complexity index is 942. The van der Waals surface area contributed by atoms with Crippen LogP contribution in [0.15, 0.2) is 47.0 Å². The van der Waals surface area contributed by atoms with Gasteiger partial charge in [0.1, 0.15) is 31.4 Å². The van der Waals surface area contributed by atoms with Crippen LogP contribution in [0.2, 0.25) is 0 Å². The molecule has 0 bridgehead atoms. The van der Waals surface area contributed by atoms with Gasteiger partial charge >= 0.3 is 6.18 Å². The highest BCUT2D eigenvalue weighted by atomic mass is 19.4. The monoisotopic (exact) mass is 412 g/mol. The Morgan fingerprint density at radius 1 is 0.966 bits per heavy atom. The molecule has 3 aromatic rings. The van der Waals surface area contributed by atoms with E-state index in [0.717, 1.165) is 12.1 Å². The molecule has 0 atom stereocenters. The molecule has 0 fully saturated rings. The Kier molecular flexibility index (Phi) is 6.32. The van der Waals surface area contributed by atoms with Crippen LogP contribution in [0, 0.1) is 0 Å². The van der Waals surface area contributed by atoms with Gasteiger partial charge in [-0.25, -0.2) is 4.39 Å². The zero-order valence-corrected chi connectivity index (χ0v) is 14.9. The molecule has 0 aliphatic carbocycles. The Labute approximate surface area is 162 Å². The summed E-state index contributed by atoms with van der Waals surface area (Å²) in [6, 6.07) is 9.81. The number of aliphatic hydroxyl groups excluding tert-OH is 1. The average Bonchev–Trinajstić information content (AvgIpc) is 3.20. The summed E-state index contributed by atoms with van der Waals surface area (Å²) in [4.78, 5) is 4.13. The van der Waals surface area contributed by atoms with Crippen molar-refractivity contribution in [3.63, 3.8) is 0 Å². The maximum Gasteiger partial charge on any atom is 0.419 e. The number of nitrogens with zero attached hydrogens (tertiary/aromatic N) is 2. The lowest BCUT2D eigenvalue weighted by atomic mass is 10.1. The van der Waals surface area contributed by atoms with E-state index >= 15 is 0 Å². The first-order valence-electron chi connectivity index (χ1n) is 8.50. The highest BCUT2D eigenvalue weighted by Crippen LogP contribution is 2.38. The molecule has 0 saturated carbocycles. The van der Waals surface area contributed by atoms with Gasteiger partial charge < -0.3 is 19.1 Å². The summed E-state index contributed by atoms with van der Waals surface area (Å²) in [5.74, 6) is 0.130. The molecule has 1 aromatic heterocycles. The summed E-state index contributed by atoms with van der Waals surface area (Å²) in [7, 11) is 0. The third-order valence-electron chi connectivity index (χ3n) is 3.77. The predicted molar refractivity (Wildman–Crippen MR) is 94.2 cm³/mol. The van der Waals surface area contributed by atoms with Gasteiger partial charge in [0.25, 0.3) is 5.89 Å². The van der Waals surface area contributed by atoms with Gasteiger partial charge in [0.05, 0.1) is 12.2 Å². The maximum absolute atomic E-state index is 13.3. The van der Waals surface area contributed by atoms with E-state index in [0.29, 0.717) is 11.3 Å². The zero-order valence-electron chi connectivity index (χ0n) is 14.9. The fourth-order valence-corrected chi connectivity index (χ4v) is 2.48. The van der Waals surface area contributed by atoms with Gasteiger partial charge in [-0.05, 0) is 42.5 Å². The molecule has 0 aliphatic rings. The summed E-state index contributed by atoms with van der Waals surface area (Å²) >= 11 is 0. The van der Waals surface area contributed by atoms with Crippen molar-refractivity contribution in [3.05, 3.63) is 48.0 Å². The van der Waals surface area contributed by atoms with Crippen molar-refractivity contribution in [2.75, 3.05) is 26.5 Å². The SMILES string of the molecule is OCCOc1ccc(-c2noc(-c3ccc(OCCF)c(C(F)(F)F)c3)n2)cc1. The summed E-state index contributed by atoms with van der Waals surface area (Å²) in [6.45, 7) is -1.35. The Balaban J connectivity index is 1.86. The molecular weight excluding hydrogens is 396 g/mol. The Morgan fingerprint density at radius 2 is 1.69 bits per heavy atom. The largest absolute Gasteiger partial charge is 0.491 e. The third-order valence-corrected chi connectivity index (χ3v) is 3.77. The minimum absolute atomic E-state index is 0.0478. The molecule has 1 N–H and O–H groups in total. The minimum atomic E-state index is -4.70. The second kappa shape index (κ2) is 8.91. The third kappa shape index (κ3) is 5.02. The van der Waals surface area contributed by atoms with E-state index < -0.39 is 30.8 Å². The molecule has 0 spiro atoms. The zero-order chi connectivity index (χ0) is 20.9. The van der Waals surface area contributed by atoms with Crippen LogP contribution in [0.3, 0.4) is 0 Å². The molecule has 10 heteroatoms. The van der Waals surface area contributed by atoms with Crippen LogP contribution in [0.5, 0.6) is 11.5 Å². The molecule has 2 aromatic carbocycles. The highest BCUT2D eigenvalue weighted by Gasteiger charge is 2.35. The van der Waals surface area contributed by atoms with Crippen molar-refractivity contribution < 1.29 is 36.7 Å². The quantitative estimate of drug-likeness (QED) is 0.561. The summed E-state index contributed by atoms with van der Waals surface area (Å²) in [5.41, 5.74) is -0.449. The summed E-state index contributed by atoms with van der Waals surface area (Å²) in [6.07, 6.45) is -4.70. The lowest BCUT2D eigenvalue weighted by Gasteiger charge is -2.13. The van der Waals surface area contributed by atoms with Gasteiger partial charge in [-0.15, -0.1) is 0 Å². The number of halogens is 4. The molecule has 0 unspecified atom stereocenters. The van der Waals surface area contributed by atoms with E-state index in [1.165, 1.54) is 6.07 Å². The first kappa shape index (κ1) is 20.6. The van der Waals surface area contributed by atoms with Crippen molar-refractivity contribution in [3.8, 4) is 34.3 Å². The van der Waals surface area contributed by atoms with E-state index in [1.54, 1.807) is 24.3 Å². The molecule has 0 radical (unpaired) electrons. The van der Waals surface area contributed by atoms with E-state index in [1.807, 2.05) is 0 Å². The molecule has 154 valence electrons. The van der Waals surface area contributed by atoms with Gasteiger partial charge in [-0.3, -0.25) is 0 Å². The van der Waals surface area contributed by atoms with Crippen LogP contribution in [-0.4, -0.2) is 41.7 Å². The molecule has 0 aliphatic heterocycles. The fourth-order valence-electron chi connectivity index (χ4n) is 2.48. The van der Waals surface area contributed by atoms with E-state index in [4.69, 9.17) is 19.1 Å². The van der Waals surface area contributed by atoms with Crippen molar-refractivity contribution in [2.24, 2.45) is 0 Å². The standard InChI is InChI=1S/C19H16F4N2O4/c20-7-9-28-16-6-3-13(11-15(16)19(21,22)23)18-24-17(25-29-18)12-1-4-14(5-2-12)27-10-8-26/h1-6,11,26H,7-10H2. The topological polar surface area (TPSA) is 77.6 Å². The van der Waals surface area contributed by atoms with Crippen molar-refractivity contribution >= 4 is 0 Å². The molecule has 29 heavy (non-hydrogen) atoms. The van der Waals surface area contributed by atoms with Crippen molar-refractivity contribution in [1.29, 1.82) is 0 Å². The number of hydrogen-bond donors (Lipinski definition) is 1. The van der Waals surface area contributed by atoms with Gasteiger partial charge in [-0.1, -0.05) is 5.16 Å². The number of rotatable bonds is 8. The van der Waals surface area contributed by atoms with Crippen LogP contribution >= 0.6 is 0 Å². The number of benzene rings is 2. The van der Waals surface area contributed by atoms with Crippen LogP contribution in [0.1, 0.15) is 5.56 Å². The fraction of sp³-hybridized carbons (Fsp3) is 0.263. The van der Waals surface area contributed by atoms with Gasteiger partial charge in [0, 0.05) is 11.1 Å². The first-order valence-corrected chi connectivity index (χ1v) is 8.50. The summed E-state index contributed by atoms with van der Waals surface area (Å²) < 4.78 is 67.3. The molecule has 0 amide bonds. The van der Waals surface area contributed by atoms with Gasteiger partial charge in [0.15, 0.2) is 0 Å². The smallest absolute Gasteiger partial charge is 0.419 e. The Hall–Kier alpha value is -3.14. The molecule has 3 rings (SSSR count). The summed E-state index contributed by atoms with van der Waals surface area (Å²) in [5, 5.41) is 12.5. The number of ether oxygens (including phenoxy) is 2. The normalized spacial score (nSPS) is 11.5. The maximum atomic E-state index is 13.3. The molecule has 6 nitrogen and oxygen atoms in total.